The van der Waals surface area contributed by atoms with E-state index >= 15 is 0 Å². The van der Waals surface area contributed by atoms with Crippen molar-refractivity contribution < 1.29 is 13.2 Å². The summed E-state index contributed by atoms with van der Waals surface area (Å²) >= 11 is 0. The molecule has 7 nitrogen and oxygen atoms in total. The summed E-state index contributed by atoms with van der Waals surface area (Å²) < 4.78 is 24.2. The standard InChI is InChI=1S/C26H36N4O3S/c1-34(32,33)25-10-6-5-9-23(25)21-28-15-12-24(13-16-28)29-17-19-30(20-18-29)26(31)27-14-11-22-7-3-2-4-8-22/h2-10,24H,11-21H2,1H3,(H,27,31). The fourth-order valence-electron chi connectivity index (χ4n) is 5.04. The van der Waals surface area contributed by atoms with E-state index < -0.39 is 9.84 Å². The van der Waals surface area contributed by atoms with Gasteiger partial charge in [-0.2, -0.15) is 0 Å². The number of nitrogens with one attached hydrogen (secondary N) is 1. The van der Waals surface area contributed by atoms with Crippen LogP contribution in [0.15, 0.2) is 59.5 Å². The molecule has 2 heterocycles. The Labute approximate surface area is 203 Å². The zero-order valence-corrected chi connectivity index (χ0v) is 20.8. The minimum atomic E-state index is -3.22. The highest BCUT2D eigenvalue weighted by Gasteiger charge is 2.29. The number of likely N-dealkylation sites (tertiary alicyclic amines) is 1. The molecule has 0 aliphatic carbocycles. The molecule has 8 heteroatoms. The smallest absolute Gasteiger partial charge is 0.317 e. The van der Waals surface area contributed by atoms with E-state index in [1.54, 1.807) is 12.1 Å². The Bertz CT molecular complexity index is 1040. The van der Waals surface area contributed by atoms with E-state index in [9.17, 15) is 13.2 Å². The van der Waals surface area contributed by atoms with E-state index in [4.69, 9.17) is 0 Å². The lowest BCUT2D eigenvalue weighted by Crippen LogP contribution is -2.56. The van der Waals surface area contributed by atoms with E-state index in [1.807, 2.05) is 35.2 Å². The number of hydrogen-bond acceptors (Lipinski definition) is 5. The second kappa shape index (κ2) is 11.3. The lowest BCUT2D eigenvalue weighted by molar-refractivity contribution is 0.0667. The number of rotatable bonds is 7. The SMILES string of the molecule is CS(=O)(=O)c1ccccc1CN1CCC(N2CCN(C(=O)NCCc3ccccc3)CC2)CC1. The fraction of sp³-hybridized carbons (Fsp3) is 0.500. The van der Waals surface area contributed by atoms with Crippen molar-refractivity contribution in [3.63, 3.8) is 0 Å². The van der Waals surface area contributed by atoms with Crippen molar-refractivity contribution >= 4 is 15.9 Å². The van der Waals surface area contributed by atoms with Crippen molar-refractivity contribution in [3.05, 3.63) is 65.7 Å². The number of carbonyl (C=O) groups is 1. The first-order chi connectivity index (χ1) is 16.4. The van der Waals surface area contributed by atoms with Crippen LogP contribution in [-0.4, -0.2) is 87.3 Å². The third kappa shape index (κ3) is 6.58. The van der Waals surface area contributed by atoms with Gasteiger partial charge in [0.25, 0.3) is 0 Å². The number of nitrogens with zero attached hydrogens (tertiary/aromatic N) is 3. The van der Waals surface area contributed by atoms with Crippen molar-refractivity contribution in [3.8, 4) is 0 Å². The molecule has 0 saturated carbocycles. The summed E-state index contributed by atoms with van der Waals surface area (Å²) in [6, 6.07) is 18.1. The van der Waals surface area contributed by atoms with Gasteiger partial charge in [-0.15, -0.1) is 0 Å². The maximum absolute atomic E-state index is 12.5. The second-order valence-corrected chi connectivity index (χ2v) is 11.4. The molecule has 0 radical (unpaired) electrons. The van der Waals surface area contributed by atoms with Crippen LogP contribution in [0.2, 0.25) is 0 Å². The average Bonchev–Trinajstić information content (AvgIpc) is 2.85. The number of urea groups is 1. The number of benzene rings is 2. The van der Waals surface area contributed by atoms with Gasteiger partial charge in [0.05, 0.1) is 4.90 Å². The molecule has 2 aromatic carbocycles. The summed E-state index contributed by atoms with van der Waals surface area (Å²) in [5, 5.41) is 3.06. The summed E-state index contributed by atoms with van der Waals surface area (Å²) in [4.78, 5) is 19.8. The quantitative estimate of drug-likeness (QED) is 0.654. The molecular formula is C26H36N4O3S. The highest BCUT2D eigenvalue weighted by atomic mass is 32.2. The molecule has 184 valence electrons. The minimum absolute atomic E-state index is 0.0370. The summed E-state index contributed by atoms with van der Waals surface area (Å²) in [5.41, 5.74) is 2.12. The van der Waals surface area contributed by atoms with Gasteiger partial charge in [0.2, 0.25) is 0 Å². The largest absolute Gasteiger partial charge is 0.338 e. The first kappa shape index (κ1) is 24.7. The van der Waals surface area contributed by atoms with Gasteiger partial charge in [-0.05, 0) is 49.5 Å². The predicted molar refractivity (Wildman–Crippen MR) is 135 cm³/mol. The third-order valence-corrected chi connectivity index (χ3v) is 8.17. The highest BCUT2D eigenvalue weighted by Crippen LogP contribution is 2.22. The molecule has 0 atom stereocenters. The Morgan fingerprint density at radius 2 is 1.56 bits per heavy atom. The minimum Gasteiger partial charge on any atom is -0.338 e. The molecule has 0 bridgehead atoms. The monoisotopic (exact) mass is 484 g/mol. The van der Waals surface area contributed by atoms with E-state index in [0.29, 0.717) is 24.0 Å². The topological polar surface area (TPSA) is 73.0 Å². The maximum Gasteiger partial charge on any atom is 0.317 e. The fourth-order valence-corrected chi connectivity index (χ4v) is 5.97. The molecule has 2 amide bonds. The molecule has 2 fully saturated rings. The molecule has 34 heavy (non-hydrogen) atoms. The lowest BCUT2D eigenvalue weighted by Gasteiger charge is -2.42. The van der Waals surface area contributed by atoms with Gasteiger partial charge in [-0.1, -0.05) is 48.5 Å². The van der Waals surface area contributed by atoms with Crippen LogP contribution in [0.1, 0.15) is 24.0 Å². The van der Waals surface area contributed by atoms with Crippen molar-refractivity contribution in [1.82, 2.24) is 20.0 Å². The van der Waals surface area contributed by atoms with Crippen LogP contribution in [0, 0.1) is 0 Å². The van der Waals surface area contributed by atoms with Gasteiger partial charge >= 0.3 is 6.03 Å². The molecule has 4 rings (SSSR count). The maximum atomic E-state index is 12.5. The summed E-state index contributed by atoms with van der Waals surface area (Å²) in [6.45, 7) is 6.60. The first-order valence-electron chi connectivity index (χ1n) is 12.2. The van der Waals surface area contributed by atoms with Crippen molar-refractivity contribution in [2.75, 3.05) is 52.1 Å². The van der Waals surface area contributed by atoms with Gasteiger partial charge < -0.3 is 10.2 Å². The summed E-state index contributed by atoms with van der Waals surface area (Å²) in [6.07, 6.45) is 4.27. The average molecular weight is 485 g/mol. The Balaban J connectivity index is 1.18. The molecular weight excluding hydrogens is 448 g/mol. The Kier molecular flexibility index (Phi) is 8.24. The number of sulfone groups is 1. The molecule has 2 aromatic rings. The Morgan fingerprint density at radius 1 is 0.912 bits per heavy atom. The van der Waals surface area contributed by atoms with Crippen LogP contribution in [0.3, 0.4) is 0 Å². The lowest BCUT2D eigenvalue weighted by atomic mass is 10.0. The number of carbonyl (C=O) groups excluding carboxylic acids is 1. The van der Waals surface area contributed by atoms with Crippen LogP contribution in [0.5, 0.6) is 0 Å². The first-order valence-corrected chi connectivity index (χ1v) is 14.1. The van der Waals surface area contributed by atoms with Gasteiger partial charge in [-0.25, -0.2) is 13.2 Å². The molecule has 2 saturated heterocycles. The van der Waals surface area contributed by atoms with Crippen LogP contribution in [0.4, 0.5) is 4.79 Å². The van der Waals surface area contributed by atoms with Crippen LogP contribution in [0.25, 0.3) is 0 Å². The Hall–Kier alpha value is -2.42. The van der Waals surface area contributed by atoms with Crippen molar-refractivity contribution in [2.45, 2.75) is 36.7 Å². The van der Waals surface area contributed by atoms with Gasteiger partial charge in [0, 0.05) is 51.6 Å². The molecule has 2 aliphatic rings. The highest BCUT2D eigenvalue weighted by molar-refractivity contribution is 7.90. The van der Waals surface area contributed by atoms with Crippen LogP contribution < -0.4 is 5.32 Å². The Morgan fingerprint density at radius 3 is 2.24 bits per heavy atom. The van der Waals surface area contributed by atoms with E-state index in [2.05, 4.69) is 27.2 Å². The van der Waals surface area contributed by atoms with E-state index in [0.717, 1.165) is 64.1 Å². The molecule has 0 unspecified atom stereocenters. The van der Waals surface area contributed by atoms with E-state index in [-0.39, 0.29) is 6.03 Å². The normalized spacial score (nSPS) is 18.7. The number of hydrogen-bond donors (Lipinski definition) is 1. The van der Waals surface area contributed by atoms with Gasteiger partial charge in [0.1, 0.15) is 0 Å². The van der Waals surface area contributed by atoms with E-state index in [1.165, 1.54) is 11.8 Å². The number of piperazine rings is 1. The van der Waals surface area contributed by atoms with Gasteiger partial charge in [-0.3, -0.25) is 9.80 Å². The van der Waals surface area contributed by atoms with Gasteiger partial charge in [0.15, 0.2) is 9.84 Å². The zero-order chi connectivity index (χ0) is 24.0. The molecule has 1 N–H and O–H groups in total. The zero-order valence-electron chi connectivity index (χ0n) is 20.0. The van der Waals surface area contributed by atoms with Crippen molar-refractivity contribution in [2.24, 2.45) is 0 Å². The summed E-state index contributed by atoms with van der Waals surface area (Å²) in [7, 11) is -3.22. The molecule has 2 aliphatic heterocycles. The molecule has 0 aromatic heterocycles. The van der Waals surface area contributed by atoms with Crippen molar-refractivity contribution in [1.29, 1.82) is 0 Å². The summed E-state index contributed by atoms with van der Waals surface area (Å²) in [5.74, 6) is 0. The number of amides is 2. The van der Waals surface area contributed by atoms with Crippen LogP contribution in [-0.2, 0) is 22.8 Å². The third-order valence-electron chi connectivity index (χ3n) is 6.97. The van der Waals surface area contributed by atoms with Crippen LogP contribution >= 0.6 is 0 Å². The predicted octanol–water partition coefficient (Wildman–Crippen LogP) is 2.62. The molecule has 0 spiro atoms. The number of piperidine rings is 1. The second-order valence-electron chi connectivity index (χ2n) is 9.38.